The molecule has 1 aliphatic rings. The highest BCUT2D eigenvalue weighted by Gasteiger charge is 2.24. The average Bonchev–Trinajstić information content (AvgIpc) is 2.92. The number of benzene rings is 1. The summed E-state index contributed by atoms with van der Waals surface area (Å²) in [7, 11) is 0. The van der Waals surface area contributed by atoms with Crippen molar-refractivity contribution in [3.63, 3.8) is 0 Å². The maximum atomic E-state index is 13.5. The lowest BCUT2D eigenvalue weighted by Crippen LogP contribution is -2.37. The number of rotatable bonds is 6. The SMILES string of the molecule is CCCNC(Cc1ccc(Cl)c(F)c1)C1CCCC1. The topological polar surface area (TPSA) is 12.0 Å². The van der Waals surface area contributed by atoms with E-state index in [0.717, 1.165) is 30.9 Å². The van der Waals surface area contributed by atoms with Crippen LogP contribution in [0.3, 0.4) is 0 Å². The van der Waals surface area contributed by atoms with Crippen molar-refractivity contribution in [1.82, 2.24) is 5.32 Å². The number of hydrogen-bond acceptors (Lipinski definition) is 1. The van der Waals surface area contributed by atoms with Gasteiger partial charge in [-0.05, 0) is 55.8 Å². The molecule has 19 heavy (non-hydrogen) atoms. The molecule has 0 amide bonds. The number of halogens is 2. The van der Waals surface area contributed by atoms with Crippen molar-refractivity contribution < 1.29 is 4.39 Å². The quantitative estimate of drug-likeness (QED) is 0.806. The van der Waals surface area contributed by atoms with Gasteiger partial charge in [-0.25, -0.2) is 4.39 Å². The van der Waals surface area contributed by atoms with Crippen LogP contribution in [0.2, 0.25) is 5.02 Å². The van der Waals surface area contributed by atoms with Crippen LogP contribution in [-0.2, 0) is 6.42 Å². The zero-order valence-corrected chi connectivity index (χ0v) is 12.3. The highest BCUT2D eigenvalue weighted by atomic mass is 35.5. The lowest BCUT2D eigenvalue weighted by atomic mass is 9.92. The van der Waals surface area contributed by atoms with Crippen LogP contribution >= 0.6 is 11.6 Å². The molecule has 1 aromatic carbocycles. The van der Waals surface area contributed by atoms with Crippen LogP contribution in [0.5, 0.6) is 0 Å². The van der Waals surface area contributed by atoms with Gasteiger partial charge < -0.3 is 5.32 Å². The Labute approximate surface area is 120 Å². The van der Waals surface area contributed by atoms with Crippen LogP contribution < -0.4 is 5.32 Å². The van der Waals surface area contributed by atoms with Gasteiger partial charge in [-0.1, -0.05) is 37.4 Å². The summed E-state index contributed by atoms with van der Waals surface area (Å²) in [5.74, 6) is 0.435. The number of hydrogen-bond donors (Lipinski definition) is 1. The summed E-state index contributed by atoms with van der Waals surface area (Å²) in [6.45, 7) is 3.22. The molecule has 3 heteroatoms. The second-order valence-corrected chi connectivity index (χ2v) is 5.96. The van der Waals surface area contributed by atoms with Crippen molar-refractivity contribution in [2.75, 3.05) is 6.54 Å². The lowest BCUT2D eigenvalue weighted by molar-refractivity contribution is 0.356. The highest BCUT2D eigenvalue weighted by Crippen LogP contribution is 2.29. The summed E-state index contributed by atoms with van der Waals surface area (Å²) in [4.78, 5) is 0. The Balaban J connectivity index is 2.03. The van der Waals surface area contributed by atoms with E-state index in [1.807, 2.05) is 6.07 Å². The third-order valence-corrected chi connectivity index (χ3v) is 4.37. The Bertz CT molecular complexity index is 402. The van der Waals surface area contributed by atoms with E-state index >= 15 is 0 Å². The summed E-state index contributed by atoms with van der Waals surface area (Å²) in [5.41, 5.74) is 1.04. The first-order valence-electron chi connectivity index (χ1n) is 7.38. The standard InChI is InChI=1S/C16H23ClFN/c1-2-9-19-16(13-5-3-4-6-13)11-12-7-8-14(17)15(18)10-12/h7-8,10,13,16,19H,2-6,9,11H2,1H3. The molecule has 0 bridgehead atoms. The second-order valence-electron chi connectivity index (χ2n) is 5.56. The predicted octanol–water partition coefficient (Wildman–Crippen LogP) is 4.58. The predicted molar refractivity (Wildman–Crippen MR) is 79.2 cm³/mol. The molecule has 1 nitrogen and oxygen atoms in total. The maximum Gasteiger partial charge on any atom is 0.142 e. The van der Waals surface area contributed by atoms with Gasteiger partial charge in [-0.15, -0.1) is 0 Å². The lowest BCUT2D eigenvalue weighted by Gasteiger charge is -2.25. The van der Waals surface area contributed by atoms with Crippen LogP contribution in [-0.4, -0.2) is 12.6 Å². The molecule has 1 aromatic rings. The van der Waals surface area contributed by atoms with Crippen molar-refractivity contribution in [3.8, 4) is 0 Å². The Morgan fingerprint density at radius 3 is 2.74 bits per heavy atom. The summed E-state index contributed by atoms with van der Waals surface area (Å²) in [5, 5.41) is 3.85. The molecule has 0 saturated heterocycles. The van der Waals surface area contributed by atoms with E-state index in [4.69, 9.17) is 11.6 Å². The fraction of sp³-hybridized carbons (Fsp3) is 0.625. The van der Waals surface area contributed by atoms with Gasteiger partial charge in [0.15, 0.2) is 0 Å². The first-order chi connectivity index (χ1) is 9.20. The Morgan fingerprint density at radius 1 is 1.37 bits per heavy atom. The van der Waals surface area contributed by atoms with E-state index < -0.39 is 0 Å². The molecule has 106 valence electrons. The van der Waals surface area contributed by atoms with Gasteiger partial charge in [0.25, 0.3) is 0 Å². The highest BCUT2D eigenvalue weighted by molar-refractivity contribution is 6.30. The smallest absolute Gasteiger partial charge is 0.142 e. The fourth-order valence-corrected chi connectivity index (χ4v) is 3.13. The number of nitrogens with one attached hydrogen (secondary N) is 1. The van der Waals surface area contributed by atoms with Gasteiger partial charge in [-0.3, -0.25) is 0 Å². The van der Waals surface area contributed by atoms with E-state index in [1.165, 1.54) is 25.7 Å². The summed E-state index contributed by atoms with van der Waals surface area (Å²) in [6, 6.07) is 5.67. The summed E-state index contributed by atoms with van der Waals surface area (Å²) in [6.07, 6.45) is 7.32. The van der Waals surface area contributed by atoms with Gasteiger partial charge in [0.05, 0.1) is 5.02 Å². The molecule has 0 aliphatic heterocycles. The van der Waals surface area contributed by atoms with Crippen LogP contribution in [0.1, 0.15) is 44.6 Å². The van der Waals surface area contributed by atoms with Crippen molar-refractivity contribution in [2.24, 2.45) is 5.92 Å². The minimum atomic E-state index is -0.306. The van der Waals surface area contributed by atoms with Crippen LogP contribution in [0.4, 0.5) is 4.39 Å². The summed E-state index contributed by atoms with van der Waals surface area (Å²) >= 11 is 5.74. The van der Waals surface area contributed by atoms with Gasteiger partial charge in [0.1, 0.15) is 5.82 Å². The minimum Gasteiger partial charge on any atom is -0.313 e. The van der Waals surface area contributed by atoms with Crippen LogP contribution in [0, 0.1) is 11.7 Å². The van der Waals surface area contributed by atoms with E-state index in [0.29, 0.717) is 6.04 Å². The van der Waals surface area contributed by atoms with Crippen LogP contribution in [0.15, 0.2) is 18.2 Å². The van der Waals surface area contributed by atoms with Gasteiger partial charge >= 0.3 is 0 Å². The molecule has 2 rings (SSSR count). The van der Waals surface area contributed by atoms with E-state index in [-0.39, 0.29) is 10.8 Å². The third kappa shape index (κ3) is 4.19. The summed E-state index contributed by atoms with van der Waals surface area (Å²) < 4.78 is 13.5. The van der Waals surface area contributed by atoms with E-state index in [1.54, 1.807) is 12.1 Å². The third-order valence-electron chi connectivity index (χ3n) is 4.07. The maximum absolute atomic E-state index is 13.5. The fourth-order valence-electron chi connectivity index (χ4n) is 3.02. The molecular formula is C16H23ClFN. The van der Waals surface area contributed by atoms with Crippen molar-refractivity contribution in [1.29, 1.82) is 0 Å². The van der Waals surface area contributed by atoms with Gasteiger partial charge in [0.2, 0.25) is 0 Å². The Kier molecular flexibility index (Phi) is 5.65. The molecule has 1 saturated carbocycles. The van der Waals surface area contributed by atoms with Gasteiger partial charge in [0, 0.05) is 6.04 Å². The van der Waals surface area contributed by atoms with Crippen molar-refractivity contribution in [3.05, 3.63) is 34.6 Å². The Hall–Kier alpha value is -0.600. The largest absolute Gasteiger partial charge is 0.313 e. The molecule has 1 aliphatic carbocycles. The van der Waals surface area contributed by atoms with Crippen molar-refractivity contribution >= 4 is 11.6 Å². The molecule has 1 atom stereocenters. The molecule has 1 fully saturated rings. The molecule has 0 heterocycles. The first-order valence-corrected chi connectivity index (χ1v) is 7.75. The molecule has 0 aromatic heterocycles. The molecule has 1 N–H and O–H groups in total. The van der Waals surface area contributed by atoms with E-state index in [9.17, 15) is 4.39 Å². The molecule has 0 radical (unpaired) electrons. The van der Waals surface area contributed by atoms with E-state index in [2.05, 4.69) is 12.2 Å². The Morgan fingerprint density at radius 2 is 2.11 bits per heavy atom. The average molecular weight is 284 g/mol. The van der Waals surface area contributed by atoms with Crippen LogP contribution in [0.25, 0.3) is 0 Å². The monoisotopic (exact) mass is 283 g/mol. The zero-order valence-electron chi connectivity index (χ0n) is 11.6. The molecule has 1 unspecified atom stereocenters. The van der Waals surface area contributed by atoms with Crippen molar-refractivity contribution in [2.45, 2.75) is 51.5 Å². The minimum absolute atomic E-state index is 0.211. The normalized spacial score (nSPS) is 17.8. The second kappa shape index (κ2) is 7.25. The molecule has 0 spiro atoms. The zero-order chi connectivity index (χ0) is 13.7. The first kappa shape index (κ1) is 14.8. The van der Waals surface area contributed by atoms with Gasteiger partial charge in [-0.2, -0.15) is 0 Å². The molecular weight excluding hydrogens is 261 g/mol.